The molecule has 1 aromatic carbocycles. The van der Waals surface area contributed by atoms with Gasteiger partial charge in [-0.1, -0.05) is 6.07 Å². The number of hydrogen-bond donors (Lipinski definition) is 2. The Morgan fingerprint density at radius 3 is 2.69 bits per heavy atom. The highest BCUT2D eigenvalue weighted by atomic mass is 32.1. The molecule has 0 aliphatic rings. The molecule has 0 aliphatic carbocycles. The smallest absolute Gasteiger partial charge is 0.387 e. The van der Waals surface area contributed by atoms with Crippen LogP contribution in [-0.2, 0) is 0 Å². The summed E-state index contributed by atoms with van der Waals surface area (Å²) in [5, 5.41) is 2.48. The third-order valence-corrected chi connectivity index (χ3v) is 1.77. The van der Waals surface area contributed by atoms with Gasteiger partial charge < -0.3 is 20.5 Å². The molecule has 0 aromatic heterocycles. The van der Waals surface area contributed by atoms with Crippen molar-refractivity contribution < 1.29 is 18.3 Å². The minimum atomic E-state index is -2.96. The third kappa shape index (κ3) is 3.20. The molecule has 88 valence electrons. The molecular weight excluding hydrogens is 238 g/mol. The number of benzene rings is 1. The normalized spacial score (nSPS) is 10.0. The van der Waals surface area contributed by atoms with Crippen LogP contribution in [0.2, 0.25) is 0 Å². The average molecular weight is 248 g/mol. The summed E-state index contributed by atoms with van der Waals surface area (Å²) in [6, 6.07) is 4.58. The first-order valence-corrected chi connectivity index (χ1v) is 4.63. The highest BCUT2D eigenvalue weighted by Crippen LogP contribution is 2.36. The van der Waals surface area contributed by atoms with Crippen LogP contribution in [0.5, 0.6) is 11.5 Å². The molecule has 0 amide bonds. The average Bonchev–Trinajstić information content (AvgIpc) is 2.19. The molecule has 0 fully saturated rings. The zero-order chi connectivity index (χ0) is 12.1. The molecular formula is C9H10F2N2O2S. The van der Waals surface area contributed by atoms with E-state index in [0.717, 1.165) is 0 Å². The zero-order valence-corrected chi connectivity index (χ0v) is 9.18. The Labute approximate surface area is 96.3 Å². The van der Waals surface area contributed by atoms with Crippen molar-refractivity contribution in [3.63, 3.8) is 0 Å². The highest BCUT2D eigenvalue weighted by Gasteiger charge is 2.15. The molecule has 7 heteroatoms. The molecule has 1 rings (SSSR count). The van der Waals surface area contributed by atoms with Crippen molar-refractivity contribution in [2.45, 2.75) is 6.61 Å². The third-order valence-electron chi connectivity index (χ3n) is 1.66. The van der Waals surface area contributed by atoms with Gasteiger partial charge in [-0.3, -0.25) is 0 Å². The van der Waals surface area contributed by atoms with E-state index in [9.17, 15) is 8.78 Å². The summed E-state index contributed by atoms with van der Waals surface area (Å²) in [6.45, 7) is -2.96. The Hall–Kier alpha value is -1.63. The van der Waals surface area contributed by atoms with Crippen LogP contribution >= 0.6 is 12.2 Å². The second-order valence-corrected chi connectivity index (χ2v) is 3.14. The lowest BCUT2D eigenvalue weighted by Crippen LogP contribution is -2.20. The van der Waals surface area contributed by atoms with Gasteiger partial charge in [-0.25, -0.2) is 0 Å². The molecule has 16 heavy (non-hydrogen) atoms. The van der Waals surface area contributed by atoms with E-state index >= 15 is 0 Å². The van der Waals surface area contributed by atoms with Gasteiger partial charge in [-0.05, 0) is 24.4 Å². The van der Waals surface area contributed by atoms with Gasteiger partial charge in [0.1, 0.15) is 0 Å². The minimum absolute atomic E-state index is 0.0487. The molecule has 0 aliphatic heterocycles. The Bertz CT molecular complexity index is 388. The van der Waals surface area contributed by atoms with Crippen molar-refractivity contribution in [3.05, 3.63) is 18.2 Å². The number of alkyl halides is 2. The number of ether oxygens (including phenoxy) is 2. The quantitative estimate of drug-likeness (QED) is 0.798. The summed E-state index contributed by atoms with van der Waals surface area (Å²) >= 11 is 4.61. The summed E-state index contributed by atoms with van der Waals surface area (Å²) in [4.78, 5) is 0. The Morgan fingerprint density at radius 2 is 2.19 bits per heavy atom. The first-order valence-electron chi connectivity index (χ1n) is 4.23. The van der Waals surface area contributed by atoms with Crippen LogP contribution in [0.25, 0.3) is 0 Å². The van der Waals surface area contributed by atoms with Crippen molar-refractivity contribution in [2.24, 2.45) is 5.73 Å². The lowest BCUT2D eigenvalue weighted by molar-refractivity contribution is -0.0506. The van der Waals surface area contributed by atoms with Gasteiger partial charge in [0.15, 0.2) is 16.6 Å². The van der Waals surface area contributed by atoms with Gasteiger partial charge in [0, 0.05) is 0 Å². The highest BCUT2D eigenvalue weighted by molar-refractivity contribution is 7.80. The Balaban J connectivity index is 3.09. The van der Waals surface area contributed by atoms with Crippen molar-refractivity contribution in [3.8, 4) is 11.5 Å². The van der Waals surface area contributed by atoms with Gasteiger partial charge in [-0.2, -0.15) is 8.78 Å². The second-order valence-electron chi connectivity index (χ2n) is 2.70. The van der Waals surface area contributed by atoms with Crippen molar-refractivity contribution in [1.29, 1.82) is 0 Å². The molecule has 4 nitrogen and oxygen atoms in total. The van der Waals surface area contributed by atoms with Crippen molar-refractivity contribution in [1.82, 2.24) is 0 Å². The molecule has 0 radical (unpaired) electrons. The first-order chi connectivity index (χ1) is 7.54. The number of anilines is 1. The minimum Gasteiger partial charge on any atom is -0.493 e. The SMILES string of the molecule is COc1cccc(NC(N)=S)c1OC(F)F. The van der Waals surface area contributed by atoms with E-state index in [1.807, 2.05) is 0 Å². The van der Waals surface area contributed by atoms with E-state index in [4.69, 9.17) is 10.5 Å². The number of hydrogen-bond acceptors (Lipinski definition) is 3. The van der Waals surface area contributed by atoms with Gasteiger partial charge in [0.2, 0.25) is 0 Å². The fraction of sp³-hybridized carbons (Fsp3) is 0.222. The van der Waals surface area contributed by atoms with E-state index in [2.05, 4.69) is 22.3 Å². The second kappa shape index (κ2) is 5.45. The van der Waals surface area contributed by atoms with Crippen LogP contribution in [0.4, 0.5) is 14.5 Å². The summed E-state index contributed by atoms with van der Waals surface area (Å²) < 4.78 is 33.6. The number of para-hydroxylation sites is 1. The maximum Gasteiger partial charge on any atom is 0.387 e. The number of rotatable bonds is 4. The molecule has 0 bridgehead atoms. The van der Waals surface area contributed by atoms with E-state index in [1.165, 1.54) is 19.2 Å². The number of methoxy groups -OCH3 is 1. The lowest BCUT2D eigenvalue weighted by Gasteiger charge is -2.14. The lowest BCUT2D eigenvalue weighted by atomic mass is 10.2. The Morgan fingerprint density at radius 1 is 1.50 bits per heavy atom. The monoisotopic (exact) mass is 248 g/mol. The van der Waals surface area contributed by atoms with Gasteiger partial charge in [0.05, 0.1) is 12.8 Å². The molecule has 0 saturated heterocycles. The van der Waals surface area contributed by atoms with Gasteiger partial charge in [-0.15, -0.1) is 0 Å². The summed E-state index contributed by atoms with van der Waals surface area (Å²) in [5.41, 5.74) is 5.48. The van der Waals surface area contributed by atoms with Crippen LogP contribution in [0, 0.1) is 0 Å². The predicted octanol–water partition coefficient (Wildman–Crippen LogP) is 1.95. The van der Waals surface area contributed by atoms with E-state index in [0.29, 0.717) is 0 Å². The number of halogens is 2. The van der Waals surface area contributed by atoms with Crippen LogP contribution in [0.15, 0.2) is 18.2 Å². The Kier molecular flexibility index (Phi) is 4.24. The molecule has 3 N–H and O–H groups in total. The number of nitrogens with two attached hydrogens (primary N) is 1. The van der Waals surface area contributed by atoms with Gasteiger partial charge >= 0.3 is 6.61 Å². The van der Waals surface area contributed by atoms with Crippen molar-refractivity contribution in [2.75, 3.05) is 12.4 Å². The van der Waals surface area contributed by atoms with Crippen molar-refractivity contribution >= 4 is 23.0 Å². The van der Waals surface area contributed by atoms with Crippen LogP contribution in [0.3, 0.4) is 0 Å². The molecule has 0 spiro atoms. The maximum absolute atomic E-state index is 12.2. The summed E-state index contributed by atoms with van der Waals surface area (Å²) in [7, 11) is 1.35. The van der Waals surface area contributed by atoms with Crippen LogP contribution in [-0.4, -0.2) is 18.8 Å². The fourth-order valence-corrected chi connectivity index (χ4v) is 1.23. The first kappa shape index (κ1) is 12.4. The zero-order valence-electron chi connectivity index (χ0n) is 8.37. The van der Waals surface area contributed by atoms with E-state index < -0.39 is 6.61 Å². The molecule has 0 atom stereocenters. The largest absolute Gasteiger partial charge is 0.493 e. The topological polar surface area (TPSA) is 56.5 Å². The maximum atomic E-state index is 12.2. The predicted molar refractivity (Wildman–Crippen MR) is 60.0 cm³/mol. The number of thiocarbonyl (C=S) groups is 1. The standard InChI is InChI=1S/C9H10F2N2O2S/c1-14-6-4-2-3-5(13-9(12)16)7(6)15-8(10)11/h2-4,8H,1H3,(H3,12,13,16). The van der Waals surface area contributed by atoms with Crippen LogP contribution in [0.1, 0.15) is 0 Å². The summed E-state index contributed by atoms with van der Waals surface area (Å²) in [6.07, 6.45) is 0. The van der Waals surface area contributed by atoms with Crippen LogP contribution < -0.4 is 20.5 Å². The summed E-state index contributed by atoms with van der Waals surface area (Å²) in [5.74, 6) is 0.0364. The van der Waals surface area contributed by atoms with E-state index in [1.54, 1.807) is 6.07 Å². The number of nitrogens with one attached hydrogen (secondary N) is 1. The van der Waals surface area contributed by atoms with E-state index in [-0.39, 0.29) is 22.3 Å². The van der Waals surface area contributed by atoms with Gasteiger partial charge in [0.25, 0.3) is 0 Å². The molecule has 1 aromatic rings. The fourth-order valence-electron chi connectivity index (χ4n) is 1.12. The molecule has 0 heterocycles. The molecule has 0 unspecified atom stereocenters. The molecule has 0 saturated carbocycles.